The van der Waals surface area contributed by atoms with Crippen molar-refractivity contribution >= 4 is 5.91 Å². The van der Waals surface area contributed by atoms with Crippen LogP contribution in [-0.2, 0) is 17.6 Å². The molecule has 0 saturated heterocycles. The van der Waals surface area contributed by atoms with Gasteiger partial charge in [-0.15, -0.1) is 0 Å². The van der Waals surface area contributed by atoms with Crippen LogP contribution in [0.1, 0.15) is 58.4 Å². The van der Waals surface area contributed by atoms with Gasteiger partial charge in [-0.2, -0.15) is 4.98 Å². The first-order valence-corrected chi connectivity index (χ1v) is 8.60. The summed E-state index contributed by atoms with van der Waals surface area (Å²) in [6, 6.07) is 8.26. The van der Waals surface area contributed by atoms with Gasteiger partial charge in [-0.3, -0.25) is 4.79 Å². The van der Waals surface area contributed by atoms with Crippen molar-refractivity contribution < 1.29 is 9.32 Å². The van der Waals surface area contributed by atoms with Crippen LogP contribution in [0.3, 0.4) is 0 Å². The van der Waals surface area contributed by atoms with Gasteiger partial charge in [0.25, 0.3) is 0 Å². The molecule has 0 aliphatic heterocycles. The first-order valence-electron chi connectivity index (χ1n) is 8.60. The molecule has 1 aromatic carbocycles. The quantitative estimate of drug-likeness (QED) is 0.836. The molecule has 1 heterocycles. The predicted octanol–water partition coefficient (Wildman–Crippen LogP) is 3.93. The van der Waals surface area contributed by atoms with Crippen molar-refractivity contribution in [3.63, 3.8) is 0 Å². The third kappa shape index (κ3) is 5.80. The first kappa shape index (κ1) is 18.2. The summed E-state index contributed by atoms with van der Waals surface area (Å²) in [5.41, 5.74) is 2.03. The van der Waals surface area contributed by atoms with E-state index in [-0.39, 0.29) is 11.4 Å². The second-order valence-corrected chi connectivity index (χ2v) is 7.11. The second-order valence-electron chi connectivity index (χ2n) is 7.11. The van der Waals surface area contributed by atoms with Gasteiger partial charge in [-0.1, -0.05) is 42.8 Å². The average molecular weight is 329 g/mol. The van der Waals surface area contributed by atoms with Gasteiger partial charge in [0.1, 0.15) is 0 Å². The van der Waals surface area contributed by atoms with Crippen molar-refractivity contribution in [3.05, 3.63) is 35.7 Å². The molecule has 0 spiro atoms. The molecule has 0 bridgehead atoms. The Morgan fingerprint density at radius 3 is 2.50 bits per heavy atom. The Kier molecular flexibility index (Phi) is 6.12. The maximum Gasteiger partial charge on any atom is 0.227 e. The molecule has 0 atom stereocenters. The predicted molar refractivity (Wildman–Crippen MR) is 94.6 cm³/mol. The molecule has 0 saturated carbocycles. The molecule has 2 rings (SSSR count). The molecule has 0 aliphatic carbocycles. The van der Waals surface area contributed by atoms with E-state index < -0.39 is 0 Å². The van der Waals surface area contributed by atoms with E-state index in [0.29, 0.717) is 24.6 Å². The molecule has 0 aliphatic rings. The molecule has 1 amide bonds. The SMILES string of the molecule is CCCCc1ccc(-c2noc(CCC(=O)NC(C)(C)C)n2)cc1. The fourth-order valence-corrected chi connectivity index (χ4v) is 2.38. The minimum atomic E-state index is -0.226. The summed E-state index contributed by atoms with van der Waals surface area (Å²) in [5.74, 6) is 1.05. The molecule has 0 fully saturated rings. The Labute approximate surface area is 143 Å². The highest BCUT2D eigenvalue weighted by Crippen LogP contribution is 2.18. The average Bonchev–Trinajstić information content (AvgIpc) is 2.99. The minimum absolute atomic E-state index is 0.0115. The summed E-state index contributed by atoms with van der Waals surface area (Å²) < 4.78 is 5.25. The number of rotatable bonds is 7. The summed E-state index contributed by atoms with van der Waals surface area (Å²) in [5, 5.41) is 6.93. The van der Waals surface area contributed by atoms with Crippen LogP contribution < -0.4 is 5.32 Å². The largest absolute Gasteiger partial charge is 0.351 e. The Morgan fingerprint density at radius 2 is 1.88 bits per heavy atom. The van der Waals surface area contributed by atoms with Crippen molar-refractivity contribution in [3.8, 4) is 11.4 Å². The molecule has 24 heavy (non-hydrogen) atoms. The molecular formula is C19H27N3O2. The van der Waals surface area contributed by atoms with Crippen molar-refractivity contribution in [1.29, 1.82) is 0 Å². The summed E-state index contributed by atoms with van der Waals surface area (Å²) in [6.45, 7) is 8.07. The monoisotopic (exact) mass is 329 g/mol. The van der Waals surface area contributed by atoms with Gasteiger partial charge >= 0.3 is 0 Å². The molecule has 1 aromatic heterocycles. The maximum absolute atomic E-state index is 11.8. The highest BCUT2D eigenvalue weighted by Gasteiger charge is 2.15. The van der Waals surface area contributed by atoms with Gasteiger partial charge in [-0.25, -0.2) is 0 Å². The molecule has 0 unspecified atom stereocenters. The lowest BCUT2D eigenvalue weighted by Crippen LogP contribution is -2.40. The van der Waals surface area contributed by atoms with E-state index in [9.17, 15) is 4.79 Å². The van der Waals surface area contributed by atoms with E-state index in [2.05, 4.69) is 34.5 Å². The van der Waals surface area contributed by atoms with Crippen molar-refractivity contribution in [2.24, 2.45) is 0 Å². The lowest BCUT2D eigenvalue weighted by molar-refractivity contribution is -0.122. The number of unbranched alkanes of at least 4 members (excludes halogenated alkanes) is 1. The number of nitrogens with zero attached hydrogens (tertiary/aromatic N) is 2. The smallest absolute Gasteiger partial charge is 0.227 e. The number of carbonyl (C=O) groups excluding carboxylic acids is 1. The molecule has 0 radical (unpaired) electrons. The number of nitrogens with one attached hydrogen (secondary N) is 1. The summed E-state index contributed by atoms with van der Waals surface area (Å²) in [4.78, 5) is 16.2. The highest BCUT2D eigenvalue weighted by atomic mass is 16.5. The highest BCUT2D eigenvalue weighted by molar-refractivity contribution is 5.76. The molecule has 130 valence electrons. The number of aromatic nitrogens is 2. The van der Waals surface area contributed by atoms with E-state index in [1.807, 2.05) is 32.9 Å². The lowest BCUT2D eigenvalue weighted by Gasteiger charge is -2.20. The first-order chi connectivity index (χ1) is 11.4. The van der Waals surface area contributed by atoms with E-state index in [1.54, 1.807) is 0 Å². The fraction of sp³-hybridized carbons (Fsp3) is 0.526. The third-order valence-electron chi connectivity index (χ3n) is 3.58. The van der Waals surface area contributed by atoms with Crippen LogP contribution in [0.2, 0.25) is 0 Å². The van der Waals surface area contributed by atoms with Gasteiger partial charge in [0.2, 0.25) is 17.6 Å². The van der Waals surface area contributed by atoms with E-state index >= 15 is 0 Å². The van der Waals surface area contributed by atoms with Gasteiger partial charge in [-0.05, 0) is 39.2 Å². The van der Waals surface area contributed by atoms with Crippen LogP contribution >= 0.6 is 0 Å². The lowest BCUT2D eigenvalue weighted by atomic mass is 10.1. The zero-order chi connectivity index (χ0) is 17.6. The Morgan fingerprint density at radius 1 is 1.17 bits per heavy atom. The number of benzene rings is 1. The maximum atomic E-state index is 11.8. The number of hydrogen-bond donors (Lipinski definition) is 1. The van der Waals surface area contributed by atoms with Crippen LogP contribution in [0.4, 0.5) is 0 Å². The Bertz CT molecular complexity index is 654. The van der Waals surface area contributed by atoms with Crippen LogP contribution in [-0.4, -0.2) is 21.6 Å². The van der Waals surface area contributed by atoms with E-state index in [4.69, 9.17) is 4.52 Å². The summed E-state index contributed by atoms with van der Waals surface area (Å²) >= 11 is 0. The van der Waals surface area contributed by atoms with Gasteiger partial charge in [0.15, 0.2) is 0 Å². The summed E-state index contributed by atoms with van der Waals surface area (Å²) in [6.07, 6.45) is 4.27. The molecule has 5 heteroatoms. The number of aryl methyl sites for hydroxylation is 2. The molecule has 1 N–H and O–H groups in total. The zero-order valence-corrected chi connectivity index (χ0v) is 15.1. The minimum Gasteiger partial charge on any atom is -0.351 e. The van der Waals surface area contributed by atoms with Gasteiger partial charge in [0.05, 0.1) is 0 Å². The molecule has 2 aromatic rings. The van der Waals surface area contributed by atoms with Crippen LogP contribution in [0.15, 0.2) is 28.8 Å². The normalized spacial score (nSPS) is 11.5. The van der Waals surface area contributed by atoms with E-state index in [1.165, 1.54) is 18.4 Å². The van der Waals surface area contributed by atoms with E-state index in [0.717, 1.165) is 12.0 Å². The van der Waals surface area contributed by atoms with Crippen molar-refractivity contribution in [1.82, 2.24) is 15.5 Å². The van der Waals surface area contributed by atoms with Crippen LogP contribution in [0.5, 0.6) is 0 Å². The zero-order valence-electron chi connectivity index (χ0n) is 15.1. The van der Waals surface area contributed by atoms with Crippen LogP contribution in [0.25, 0.3) is 11.4 Å². The Balaban J connectivity index is 1.92. The summed E-state index contributed by atoms with van der Waals surface area (Å²) in [7, 11) is 0. The van der Waals surface area contributed by atoms with Gasteiger partial charge in [0, 0.05) is 23.9 Å². The van der Waals surface area contributed by atoms with Gasteiger partial charge < -0.3 is 9.84 Å². The molecular weight excluding hydrogens is 302 g/mol. The third-order valence-corrected chi connectivity index (χ3v) is 3.58. The van der Waals surface area contributed by atoms with Crippen molar-refractivity contribution in [2.75, 3.05) is 0 Å². The standard InChI is InChI=1S/C19H27N3O2/c1-5-6-7-14-8-10-15(11-9-14)18-20-17(24-22-18)13-12-16(23)21-19(2,3)4/h8-11H,5-7,12-13H2,1-4H3,(H,21,23). The Hall–Kier alpha value is -2.17. The topological polar surface area (TPSA) is 68.0 Å². The number of carbonyl (C=O) groups is 1. The second kappa shape index (κ2) is 8.08. The van der Waals surface area contributed by atoms with Crippen LogP contribution in [0, 0.1) is 0 Å². The molecule has 5 nitrogen and oxygen atoms in total. The fourth-order valence-electron chi connectivity index (χ4n) is 2.38. The number of hydrogen-bond acceptors (Lipinski definition) is 4. The number of amides is 1. The van der Waals surface area contributed by atoms with Crippen molar-refractivity contribution in [2.45, 2.75) is 65.3 Å².